The number of sulfone groups is 1. The molecule has 22 heavy (non-hydrogen) atoms. The van der Waals surface area contributed by atoms with Crippen molar-refractivity contribution in [3.63, 3.8) is 0 Å². The average molecular weight is 327 g/mol. The van der Waals surface area contributed by atoms with Crippen molar-refractivity contribution in [2.24, 2.45) is 0 Å². The summed E-state index contributed by atoms with van der Waals surface area (Å²) in [4.78, 5) is 24.5. The molecule has 1 atom stereocenters. The van der Waals surface area contributed by atoms with E-state index in [1.54, 1.807) is 31.2 Å². The van der Waals surface area contributed by atoms with Crippen molar-refractivity contribution in [2.75, 3.05) is 18.6 Å². The third-order valence-electron chi connectivity index (χ3n) is 3.28. The molecule has 0 aliphatic rings. The minimum atomic E-state index is -3.49. The smallest absolute Gasteiger partial charge is 0.326 e. The van der Waals surface area contributed by atoms with Gasteiger partial charge in [0, 0.05) is 13.5 Å². The molecule has 7 heteroatoms. The number of nitrogens with zero attached hydrogens (tertiary/aromatic N) is 1. The molecule has 0 saturated carbocycles. The van der Waals surface area contributed by atoms with Gasteiger partial charge < -0.3 is 10.0 Å². The van der Waals surface area contributed by atoms with Crippen LogP contribution in [0.25, 0.3) is 0 Å². The summed E-state index contributed by atoms with van der Waals surface area (Å²) in [6, 6.07) is 7.81. The quantitative estimate of drug-likeness (QED) is 0.768. The molecule has 0 aliphatic heterocycles. The van der Waals surface area contributed by atoms with Gasteiger partial charge in [0.05, 0.1) is 5.75 Å². The first kappa shape index (κ1) is 18.2. The molecule has 1 rings (SSSR count). The van der Waals surface area contributed by atoms with E-state index in [1.807, 2.05) is 6.07 Å². The fourth-order valence-electron chi connectivity index (χ4n) is 2.07. The predicted octanol–water partition coefficient (Wildman–Crippen LogP) is 0.965. The second-order valence-electron chi connectivity index (χ2n) is 5.14. The van der Waals surface area contributed by atoms with E-state index < -0.39 is 33.5 Å². The van der Waals surface area contributed by atoms with E-state index in [1.165, 1.54) is 7.05 Å². The fourth-order valence-corrected chi connectivity index (χ4v) is 3.42. The lowest BCUT2D eigenvalue weighted by Crippen LogP contribution is -2.46. The summed E-state index contributed by atoms with van der Waals surface area (Å²) in [5, 5.41) is 9.31. The topological polar surface area (TPSA) is 91.8 Å². The van der Waals surface area contributed by atoms with Crippen molar-refractivity contribution in [3.8, 4) is 0 Å². The van der Waals surface area contributed by atoms with Gasteiger partial charge in [0.1, 0.15) is 11.8 Å². The Hall–Kier alpha value is -1.89. The summed E-state index contributed by atoms with van der Waals surface area (Å²) < 4.78 is 23.4. The molecule has 0 saturated heterocycles. The molecule has 122 valence electrons. The van der Waals surface area contributed by atoms with Gasteiger partial charge in [0.2, 0.25) is 5.91 Å². The Bertz CT molecular complexity index is 612. The molecule has 1 unspecified atom stereocenters. The van der Waals surface area contributed by atoms with Crippen LogP contribution >= 0.6 is 0 Å². The third-order valence-corrected chi connectivity index (χ3v) is 4.99. The van der Waals surface area contributed by atoms with Crippen LogP contribution < -0.4 is 0 Å². The molecule has 0 bridgehead atoms. The molecule has 0 heterocycles. The number of likely N-dealkylation sites (N-methyl/N-ethyl adjacent to an activating group) is 1. The maximum Gasteiger partial charge on any atom is 0.326 e. The van der Waals surface area contributed by atoms with Crippen LogP contribution in [-0.2, 0) is 25.8 Å². The Labute approximate surface area is 130 Å². The van der Waals surface area contributed by atoms with Crippen LogP contribution in [-0.4, -0.2) is 54.9 Å². The highest BCUT2D eigenvalue weighted by Crippen LogP contribution is 2.09. The zero-order valence-electron chi connectivity index (χ0n) is 12.7. The highest BCUT2D eigenvalue weighted by molar-refractivity contribution is 7.92. The van der Waals surface area contributed by atoms with Gasteiger partial charge in [-0.25, -0.2) is 13.2 Å². The lowest BCUT2D eigenvalue weighted by Gasteiger charge is -2.25. The van der Waals surface area contributed by atoms with E-state index in [0.29, 0.717) is 6.42 Å². The normalized spacial score (nSPS) is 12.6. The standard InChI is InChI=1S/C15H21NO5S/c1-3-9-22(20,21)11-14(17)16(2)13(15(18)19)10-12-7-5-4-6-8-12/h4-8,13H,3,9-11H2,1-2H3,(H,18,19). The number of carboxylic acid groups (broad SMARTS) is 1. The molecular weight excluding hydrogens is 306 g/mol. The number of rotatable bonds is 8. The largest absolute Gasteiger partial charge is 0.480 e. The number of hydrogen-bond acceptors (Lipinski definition) is 4. The van der Waals surface area contributed by atoms with E-state index in [9.17, 15) is 23.1 Å². The van der Waals surface area contributed by atoms with Gasteiger partial charge in [-0.2, -0.15) is 0 Å². The summed E-state index contributed by atoms with van der Waals surface area (Å²) in [7, 11) is -2.17. The second-order valence-corrected chi connectivity index (χ2v) is 7.32. The van der Waals surface area contributed by atoms with E-state index >= 15 is 0 Å². The van der Waals surface area contributed by atoms with Crippen molar-refractivity contribution < 1.29 is 23.1 Å². The minimum Gasteiger partial charge on any atom is -0.480 e. The molecule has 1 aromatic carbocycles. The lowest BCUT2D eigenvalue weighted by molar-refractivity contribution is -0.148. The van der Waals surface area contributed by atoms with Crippen LogP contribution in [0.4, 0.5) is 0 Å². The van der Waals surface area contributed by atoms with Crippen molar-refractivity contribution in [1.29, 1.82) is 0 Å². The first-order valence-electron chi connectivity index (χ1n) is 6.99. The highest BCUT2D eigenvalue weighted by atomic mass is 32.2. The Balaban J connectivity index is 2.83. The number of amides is 1. The van der Waals surface area contributed by atoms with Crippen LogP contribution in [0.5, 0.6) is 0 Å². The van der Waals surface area contributed by atoms with Crippen molar-refractivity contribution >= 4 is 21.7 Å². The van der Waals surface area contributed by atoms with Crippen molar-refractivity contribution in [3.05, 3.63) is 35.9 Å². The van der Waals surface area contributed by atoms with Crippen molar-refractivity contribution in [1.82, 2.24) is 4.90 Å². The first-order chi connectivity index (χ1) is 10.3. The summed E-state index contributed by atoms with van der Waals surface area (Å²) in [5.74, 6) is -2.59. The molecule has 0 aliphatic carbocycles. The van der Waals surface area contributed by atoms with Crippen LogP contribution in [0, 0.1) is 0 Å². The van der Waals surface area contributed by atoms with Gasteiger partial charge >= 0.3 is 5.97 Å². The van der Waals surface area contributed by atoms with Crippen molar-refractivity contribution in [2.45, 2.75) is 25.8 Å². The number of carbonyl (C=O) groups excluding carboxylic acids is 1. The number of aliphatic carboxylic acids is 1. The Kier molecular flexibility index (Phi) is 6.55. The van der Waals surface area contributed by atoms with Gasteiger partial charge in [-0.1, -0.05) is 37.3 Å². The van der Waals surface area contributed by atoms with E-state index in [4.69, 9.17) is 0 Å². The molecule has 0 fully saturated rings. The summed E-state index contributed by atoms with van der Waals surface area (Å²) in [6.45, 7) is 1.71. The number of hydrogen-bond donors (Lipinski definition) is 1. The molecule has 1 N–H and O–H groups in total. The maximum atomic E-state index is 12.1. The molecule has 0 radical (unpaired) electrons. The molecule has 6 nitrogen and oxygen atoms in total. The lowest BCUT2D eigenvalue weighted by atomic mass is 10.1. The van der Waals surface area contributed by atoms with Gasteiger partial charge in [-0.15, -0.1) is 0 Å². The first-order valence-corrected chi connectivity index (χ1v) is 8.81. The molecular formula is C15H21NO5S. The molecule has 1 amide bonds. The highest BCUT2D eigenvalue weighted by Gasteiger charge is 2.29. The minimum absolute atomic E-state index is 0.0804. The molecule has 0 aromatic heterocycles. The van der Waals surface area contributed by atoms with E-state index in [2.05, 4.69) is 0 Å². The zero-order chi connectivity index (χ0) is 16.8. The summed E-state index contributed by atoms with van der Waals surface area (Å²) in [6.07, 6.45) is 0.554. The monoisotopic (exact) mass is 327 g/mol. The SMILES string of the molecule is CCCS(=O)(=O)CC(=O)N(C)C(Cc1ccccc1)C(=O)O. The Morgan fingerprint density at radius 1 is 1.23 bits per heavy atom. The third kappa shape index (κ3) is 5.48. The van der Waals surface area contributed by atoms with Crippen LogP contribution in [0.1, 0.15) is 18.9 Å². The van der Waals surface area contributed by atoms with E-state index in [-0.39, 0.29) is 12.2 Å². The summed E-state index contributed by atoms with van der Waals surface area (Å²) in [5.41, 5.74) is 0.769. The number of carbonyl (C=O) groups is 2. The van der Waals surface area contributed by atoms with Gasteiger partial charge in [-0.05, 0) is 12.0 Å². The molecule has 1 aromatic rings. The number of benzene rings is 1. The number of carboxylic acids is 1. The summed E-state index contributed by atoms with van der Waals surface area (Å²) >= 11 is 0. The van der Waals surface area contributed by atoms with Crippen LogP contribution in [0.2, 0.25) is 0 Å². The fraction of sp³-hybridized carbons (Fsp3) is 0.467. The predicted molar refractivity (Wildman–Crippen MR) is 83.3 cm³/mol. The van der Waals surface area contributed by atoms with Gasteiger partial charge in [0.25, 0.3) is 0 Å². The Morgan fingerprint density at radius 3 is 2.32 bits per heavy atom. The Morgan fingerprint density at radius 2 is 1.82 bits per heavy atom. The molecule has 0 spiro atoms. The second kappa shape index (κ2) is 7.93. The van der Waals surface area contributed by atoms with Crippen LogP contribution in [0.3, 0.4) is 0 Å². The zero-order valence-corrected chi connectivity index (χ0v) is 13.5. The maximum absolute atomic E-state index is 12.1. The average Bonchev–Trinajstić information content (AvgIpc) is 2.44. The van der Waals surface area contributed by atoms with E-state index in [0.717, 1.165) is 10.5 Å². The van der Waals surface area contributed by atoms with Gasteiger partial charge in [-0.3, -0.25) is 4.79 Å². The van der Waals surface area contributed by atoms with Crippen LogP contribution in [0.15, 0.2) is 30.3 Å². The van der Waals surface area contributed by atoms with Gasteiger partial charge in [0.15, 0.2) is 9.84 Å².